The van der Waals surface area contributed by atoms with Gasteiger partial charge in [0.2, 0.25) is 21.8 Å². The van der Waals surface area contributed by atoms with Crippen molar-refractivity contribution >= 4 is 50.7 Å². The molecule has 32 heavy (non-hydrogen) atoms. The zero-order chi connectivity index (χ0) is 23.6. The van der Waals surface area contributed by atoms with Crippen LogP contribution in [0.1, 0.15) is 18.4 Å². The van der Waals surface area contributed by atoms with E-state index in [-0.39, 0.29) is 39.6 Å². The molecule has 13 heteroatoms. The summed E-state index contributed by atoms with van der Waals surface area (Å²) in [5.41, 5.74) is 5.33. The molecule has 0 saturated carbocycles. The van der Waals surface area contributed by atoms with Gasteiger partial charge < -0.3 is 11.1 Å². The Morgan fingerprint density at radius 3 is 2.53 bits per heavy atom. The van der Waals surface area contributed by atoms with Crippen LogP contribution in [0, 0.1) is 12.8 Å². The second-order valence-corrected chi connectivity index (χ2v) is 10.1. The first-order chi connectivity index (χ1) is 15.0. The predicted octanol–water partition coefficient (Wildman–Crippen LogP) is 1.38. The molecular formula is C19H21Cl2N5O5S. The first-order valence-corrected chi connectivity index (χ1v) is 11.8. The van der Waals surface area contributed by atoms with Crippen molar-refractivity contribution in [1.82, 2.24) is 14.1 Å². The Balaban J connectivity index is 1.77. The third-order valence-electron chi connectivity index (χ3n) is 5.18. The molecule has 2 heterocycles. The van der Waals surface area contributed by atoms with Crippen LogP contribution in [0.15, 0.2) is 34.1 Å². The number of nitrogens with two attached hydrogens (primary N) is 1. The molecule has 1 aliphatic rings. The number of aryl methyl sites for hydroxylation is 1. The van der Waals surface area contributed by atoms with E-state index < -0.39 is 33.9 Å². The van der Waals surface area contributed by atoms with Gasteiger partial charge >= 0.3 is 0 Å². The number of benzene rings is 1. The molecule has 1 saturated heterocycles. The topological polar surface area (TPSA) is 144 Å². The van der Waals surface area contributed by atoms with E-state index in [1.807, 2.05) is 0 Å². The molecule has 0 bridgehead atoms. The number of hydrogen-bond donors (Lipinski definition) is 2. The highest BCUT2D eigenvalue weighted by Crippen LogP contribution is 2.27. The minimum Gasteiger partial charge on any atom is -0.369 e. The molecule has 0 atom stereocenters. The second kappa shape index (κ2) is 9.57. The molecule has 1 aliphatic heterocycles. The molecule has 2 aromatic rings. The number of amides is 2. The average Bonchev–Trinajstić information content (AvgIpc) is 2.75. The molecular weight excluding hydrogens is 481 g/mol. The summed E-state index contributed by atoms with van der Waals surface area (Å²) < 4.78 is 28.4. The van der Waals surface area contributed by atoms with E-state index in [2.05, 4.69) is 10.4 Å². The van der Waals surface area contributed by atoms with Crippen LogP contribution >= 0.6 is 23.2 Å². The molecule has 1 aromatic heterocycles. The summed E-state index contributed by atoms with van der Waals surface area (Å²) >= 11 is 11.5. The monoisotopic (exact) mass is 501 g/mol. The van der Waals surface area contributed by atoms with Crippen molar-refractivity contribution in [1.29, 1.82) is 0 Å². The summed E-state index contributed by atoms with van der Waals surface area (Å²) in [7, 11) is -3.85. The van der Waals surface area contributed by atoms with E-state index in [0.29, 0.717) is 18.4 Å². The largest absolute Gasteiger partial charge is 0.369 e. The van der Waals surface area contributed by atoms with Crippen LogP contribution in [0.25, 0.3) is 0 Å². The van der Waals surface area contributed by atoms with Crippen LogP contribution in [0.4, 0.5) is 5.69 Å². The SMILES string of the molecule is Cc1ccc(NC(=O)Cn2ncc(Cl)c(Cl)c2=O)cc1S(=O)(=O)N1CCC(C(N)=O)CC1. The fourth-order valence-electron chi connectivity index (χ4n) is 3.37. The fourth-order valence-corrected chi connectivity index (χ4v) is 5.36. The number of sulfonamides is 1. The Morgan fingerprint density at radius 1 is 1.25 bits per heavy atom. The number of halogens is 2. The van der Waals surface area contributed by atoms with Gasteiger partial charge in [0, 0.05) is 24.7 Å². The van der Waals surface area contributed by atoms with Crippen molar-refractivity contribution < 1.29 is 18.0 Å². The summed E-state index contributed by atoms with van der Waals surface area (Å²) in [6.45, 7) is 1.57. The number of primary amides is 1. The molecule has 0 radical (unpaired) electrons. The highest BCUT2D eigenvalue weighted by molar-refractivity contribution is 7.89. The summed E-state index contributed by atoms with van der Waals surface area (Å²) in [5.74, 6) is -1.38. The zero-order valence-corrected chi connectivity index (χ0v) is 19.4. The third-order valence-corrected chi connectivity index (χ3v) is 7.97. The summed E-state index contributed by atoms with van der Waals surface area (Å²) in [4.78, 5) is 35.8. The van der Waals surface area contributed by atoms with Crippen molar-refractivity contribution in [2.24, 2.45) is 11.7 Å². The van der Waals surface area contributed by atoms with Gasteiger partial charge in [-0.25, -0.2) is 13.1 Å². The Hall–Kier alpha value is -2.47. The Morgan fingerprint density at radius 2 is 1.91 bits per heavy atom. The van der Waals surface area contributed by atoms with E-state index in [0.717, 1.165) is 10.9 Å². The highest BCUT2D eigenvalue weighted by Gasteiger charge is 2.32. The lowest BCUT2D eigenvalue weighted by atomic mass is 9.98. The van der Waals surface area contributed by atoms with Crippen LogP contribution in [-0.2, 0) is 26.2 Å². The van der Waals surface area contributed by atoms with Crippen LogP contribution in [0.3, 0.4) is 0 Å². The zero-order valence-electron chi connectivity index (χ0n) is 17.0. The number of carbonyl (C=O) groups excluding carboxylic acids is 2. The smallest absolute Gasteiger partial charge is 0.287 e. The molecule has 0 unspecified atom stereocenters. The number of anilines is 1. The van der Waals surface area contributed by atoms with Crippen molar-refractivity contribution in [2.45, 2.75) is 31.2 Å². The molecule has 2 amide bonds. The van der Waals surface area contributed by atoms with Gasteiger partial charge in [-0.1, -0.05) is 29.3 Å². The predicted molar refractivity (Wildman–Crippen MR) is 119 cm³/mol. The number of nitrogens with one attached hydrogen (secondary N) is 1. The molecule has 0 aliphatic carbocycles. The number of rotatable bonds is 6. The van der Waals surface area contributed by atoms with Gasteiger partial charge in [0.25, 0.3) is 5.56 Å². The van der Waals surface area contributed by atoms with Crippen LogP contribution in [0.5, 0.6) is 0 Å². The van der Waals surface area contributed by atoms with Gasteiger partial charge in [-0.2, -0.15) is 9.40 Å². The van der Waals surface area contributed by atoms with Gasteiger partial charge in [-0.3, -0.25) is 14.4 Å². The molecule has 3 rings (SSSR count). The van der Waals surface area contributed by atoms with Gasteiger partial charge in [-0.15, -0.1) is 0 Å². The number of aromatic nitrogens is 2. The first kappa shape index (κ1) is 24.2. The summed E-state index contributed by atoms with van der Waals surface area (Å²) in [6.07, 6.45) is 1.86. The van der Waals surface area contributed by atoms with E-state index in [1.165, 1.54) is 10.4 Å². The normalized spacial score (nSPS) is 15.5. The number of carbonyl (C=O) groups is 2. The van der Waals surface area contributed by atoms with E-state index in [4.69, 9.17) is 28.9 Å². The van der Waals surface area contributed by atoms with Crippen LogP contribution in [-0.4, -0.2) is 47.4 Å². The Kier molecular flexibility index (Phi) is 7.23. The van der Waals surface area contributed by atoms with Gasteiger partial charge in [0.1, 0.15) is 11.6 Å². The maximum atomic E-state index is 13.1. The fraction of sp³-hybridized carbons (Fsp3) is 0.368. The maximum absolute atomic E-state index is 13.1. The number of nitrogens with zero attached hydrogens (tertiary/aromatic N) is 3. The van der Waals surface area contributed by atoms with Crippen molar-refractivity contribution in [3.05, 3.63) is 50.4 Å². The lowest BCUT2D eigenvalue weighted by molar-refractivity contribution is -0.122. The van der Waals surface area contributed by atoms with Gasteiger partial charge in [0.05, 0.1) is 16.1 Å². The van der Waals surface area contributed by atoms with E-state index in [9.17, 15) is 22.8 Å². The maximum Gasteiger partial charge on any atom is 0.287 e. The minimum atomic E-state index is -3.85. The highest BCUT2D eigenvalue weighted by atomic mass is 35.5. The molecule has 1 aromatic carbocycles. The van der Waals surface area contributed by atoms with Crippen molar-refractivity contribution in [2.75, 3.05) is 18.4 Å². The summed E-state index contributed by atoms with van der Waals surface area (Å²) in [5, 5.41) is 6.04. The molecule has 10 nitrogen and oxygen atoms in total. The molecule has 172 valence electrons. The Bertz CT molecular complexity index is 1220. The average molecular weight is 502 g/mol. The second-order valence-electron chi connectivity index (χ2n) is 7.38. The number of piperidine rings is 1. The lowest BCUT2D eigenvalue weighted by Crippen LogP contribution is -2.41. The Labute approximate surface area is 194 Å². The first-order valence-electron chi connectivity index (χ1n) is 9.61. The summed E-state index contributed by atoms with van der Waals surface area (Å²) in [6, 6.07) is 4.48. The molecule has 0 spiro atoms. The third kappa shape index (κ3) is 5.12. The van der Waals surface area contributed by atoms with Crippen molar-refractivity contribution in [3.8, 4) is 0 Å². The number of hydrogen-bond acceptors (Lipinski definition) is 6. The van der Waals surface area contributed by atoms with Gasteiger partial charge in [0.15, 0.2) is 0 Å². The van der Waals surface area contributed by atoms with E-state index in [1.54, 1.807) is 19.1 Å². The van der Waals surface area contributed by atoms with Crippen LogP contribution in [0.2, 0.25) is 10.0 Å². The standard InChI is InChI=1S/C19H21Cl2N5O5S/c1-11-2-3-13(24-16(27)10-26-19(29)17(21)14(20)9-23-26)8-15(11)32(30,31)25-6-4-12(5-7-25)18(22)28/h2-3,8-9,12H,4-7,10H2,1H3,(H2,22,28)(H,24,27). The van der Waals surface area contributed by atoms with Gasteiger partial charge in [-0.05, 0) is 37.5 Å². The molecule has 1 fully saturated rings. The van der Waals surface area contributed by atoms with Crippen molar-refractivity contribution in [3.63, 3.8) is 0 Å². The quantitative estimate of drug-likeness (QED) is 0.611. The minimum absolute atomic E-state index is 0.0263. The van der Waals surface area contributed by atoms with Crippen LogP contribution < -0.4 is 16.6 Å². The molecule has 3 N–H and O–H groups in total. The lowest BCUT2D eigenvalue weighted by Gasteiger charge is -2.30. The van der Waals surface area contributed by atoms with E-state index >= 15 is 0 Å².